The fourth-order valence-electron chi connectivity index (χ4n) is 5.63. The van der Waals surface area contributed by atoms with Gasteiger partial charge >= 0.3 is 0 Å². The molecular weight excluding hydrogens is 518 g/mol. The Hall–Kier alpha value is -3.37. The van der Waals surface area contributed by atoms with Crippen LogP contribution in [-0.2, 0) is 19.6 Å². The van der Waals surface area contributed by atoms with E-state index in [-0.39, 0.29) is 0 Å². The Morgan fingerprint density at radius 3 is 2.03 bits per heavy atom. The van der Waals surface area contributed by atoms with Crippen molar-refractivity contribution in [3.05, 3.63) is 112 Å². The summed E-state index contributed by atoms with van der Waals surface area (Å²) < 4.78 is 8.53. The Bertz CT molecular complexity index is 1670. The summed E-state index contributed by atoms with van der Waals surface area (Å²) in [5.74, 6) is 0. The molecule has 186 valence electrons. The third kappa shape index (κ3) is 4.59. The summed E-state index contributed by atoms with van der Waals surface area (Å²) >= 11 is 3.73. The molecule has 4 aromatic carbocycles. The summed E-state index contributed by atoms with van der Waals surface area (Å²) in [7, 11) is 0. The van der Waals surface area contributed by atoms with Crippen LogP contribution in [0.2, 0.25) is 0 Å². The molecule has 0 aliphatic heterocycles. The molecule has 0 N–H and O–H groups in total. The molecule has 2 heterocycles. The minimum atomic E-state index is 0.862. The first-order valence-corrected chi connectivity index (χ1v) is 14.1. The predicted molar refractivity (Wildman–Crippen MR) is 158 cm³/mol. The zero-order chi connectivity index (χ0) is 25.4. The molecule has 2 aromatic heterocycles. The minimum Gasteiger partial charge on any atom is -0.340 e. The monoisotopic (exact) mass is 550 g/mol. The van der Waals surface area contributed by atoms with E-state index in [2.05, 4.69) is 135 Å². The maximum Gasteiger partial charge on any atom is 0.245 e. The lowest BCUT2D eigenvalue weighted by Gasteiger charge is -2.07. The molecule has 0 unspecified atom stereocenters. The lowest BCUT2D eigenvalue weighted by atomic mass is 10.1. The molecule has 6 rings (SSSR count). The Balaban J connectivity index is 1.19. The summed E-state index contributed by atoms with van der Waals surface area (Å²) in [6, 6.07) is 30.8. The standard InChI is InChI=1S/C33H33BrN3/c1-24-20-32-33(21-25(24)2)36(22-26-12-4-7-15-29(26)34)23-35(32)18-10-3-11-19-37-30-16-8-5-13-27(30)28-14-6-9-17-31(28)37/h4-9,12-17,20-21,23H,3,10-11,18-19,22H2,1-2H3/q+1. The topological polar surface area (TPSA) is 13.7 Å². The summed E-state index contributed by atoms with van der Waals surface area (Å²) in [6.45, 7) is 7.39. The molecule has 0 radical (unpaired) electrons. The number of para-hydroxylation sites is 2. The average Bonchev–Trinajstić information content (AvgIpc) is 3.40. The van der Waals surface area contributed by atoms with Crippen LogP contribution in [0.1, 0.15) is 36.0 Å². The molecule has 3 nitrogen and oxygen atoms in total. The van der Waals surface area contributed by atoms with Crippen LogP contribution in [0.15, 0.2) is 95.7 Å². The quantitative estimate of drug-likeness (QED) is 0.133. The lowest BCUT2D eigenvalue weighted by Crippen LogP contribution is -2.33. The Morgan fingerprint density at radius 1 is 0.676 bits per heavy atom. The highest BCUT2D eigenvalue weighted by Gasteiger charge is 2.18. The van der Waals surface area contributed by atoms with Crippen LogP contribution in [0.4, 0.5) is 0 Å². The van der Waals surface area contributed by atoms with Crippen molar-refractivity contribution in [1.82, 2.24) is 9.13 Å². The number of nitrogens with zero attached hydrogens (tertiary/aromatic N) is 3. The predicted octanol–water partition coefficient (Wildman–Crippen LogP) is 8.33. The second-order valence-corrected chi connectivity index (χ2v) is 11.1. The number of unbranched alkanes of at least 4 members (excludes halogenated alkanes) is 2. The molecule has 0 amide bonds. The van der Waals surface area contributed by atoms with Gasteiger partial charge in [0.1, 0.15) is 6.54 Å². The van der Waals surface area contributed by atoms with Crippen LogP contribution in [0, 0.1) is 13.8 Å². The van der Waals surface area contributed by atoms with Crippen molar-refractivity contribution in [2.24, 2.45) is 0 Å². The van der Waals surface area contributed by atoms with Crippen molar-refractivity contribution in [1.29, 1.82) is 0 Å². The van der Waals surface area contributed by atoms with Gasteiger partial charge in [0.2, 0.25) is 6.33 Å². The molecule has 0 spiro atoms. The average molecular weight is 552 g/mol. The van der Waals surface area contributed by atoms with Gasteiger partial charge in [-0.1, -0.05) is 70.5 Å². The molecule has 4 heteroatoms. The van der Waals surface area contributed by atoms with Gasteiger partial charge in [-0.25, -0.2) is 9.13 Å². The van der Waals surface area contributed by atoms with Gasteiger partial charge in [0.15, 0.2) is 11.0 Å². The van der Waals surface area contributed by atoms with Gasteiger partial charge < -0.3 is 4.57 Å². The second kappa shape index (κ2) is 10.2. The number of aromatic nitrogens is 3. The van der Waals surface area contributed by atoms with Crippen molar-refractivity contribution >= 4 is 48.8 Å². The maximum absolute atomic E-state index is 3.73. The third-order valence-corrected chi connectivity index (χ3v) is 8.52. The third-order valence-electron chi connectivity index (χ3n) is 7.75. The summed E-state index contributed by atoms with van der Waals surface area (Å²) in [5, 5.41) is 2.72. The van der Waals surface area contributed by atoms with Gasteiger partial charge in [-0.15, -0.1) is 0 Å². The molecule has 0 fully saturated rings. The zero-order valence-electron chi connectivity index (χ0n) is 21.6. The van der Waals surface area contributed by atoms with E-state index in [0.29, 0.717) is 0 Å². The zero-order valence-corrected chi connectivity index (χ0v) is 23.2. The highest BCUT2D eigenvalue weighted by atomic mass is 79.9. The van der Waals surface area contributed by atoms with Gasteiger partial charge in [-0.05, 0) is 74.6 Å². The number of fused-ring (bicyclic) bond motifs is 4. The first-order chi connectivity index (χ1) is 18.1. The maximum atomic E-state index is 3.73. The van der Waals surface area contributed by atoms with E-state index in [4.69, 9.17) is 0 Å². The number of rotatable bonds is 8. The van der Waals surface area contributed by atoms with Gasteiger partial charge in [-0.2, -0.15) is 0 Å². The molecule has 0 aliphatic rings. The van der Waals surface area contributed by atoms with E-state index in [1.165, 1.54) is 68.8 Å². The molecule has 0 aliphatic carbocycles. The van der Waals surface area contributed by atoms with E-state index >= 15 is 0 Å². The van der Waals surface area contributed by atoms with Crippen molar-refractivity contribution in [3.8, 4) is 0 Å². The Kier molecular flexibility index (Phi) is 6.60. The highest BCUT2D eigenvalue weighted by molar-refractivity contribution is 9.10. The van der Waals surface area contributed by atoms with Crippen LogP contribution in [-0.4, -0.2) is 9.13 Å². The van der Waals surface area contributed by atoms with E-state index in [9.17, 15) is 0 Å². The fourth-order valence-corrected chi connectivity index (χ4v) is 6.04. The fraction of sp³-hybridized carbons (Fsp3) is 0.242. The number of imidazole rings is 1. The van der Waals surface area contributed by atoms with Crippen molar-refractivity contribution in [3.63, 3.8) is 0 Å². The van der Waals surface area contributed by atoms with Crippen molar-refractivity contribution < 1.29 is 4.57 Å². The van der Waals surface area contributed by atoms with Gasteiger partial charge in [-0.3, -0.25) is 0 Å². The Morgan fingerprint density at radius 2 is 1.30 bits per heavy atom. The molecule has 0 saturated heterocycles. The van der Waals surface area contributed by atoms with Gasteiger partial charge in [0.05, 0.1) is 6.54 Å². The molecular formula is C33H33BrN3+. The number of hydrogen-bond acceptors (Lipinski definition) is 0. The number of aryl methyl sites for hydroxylation is 4. The van der Waals surface area contributed by atoms with E-state index in [1.807, 2.05) is 0 Å². The SMILES string of the molecule is Cc1cc2c(cc1C)[n+](Cc1ccccc1Br)cn2CCCCCn1c2ccccc2c2ccccc21. The molecule has 37 heavy (non-hydrogen) atoms. The smallest absolute Gasteiger partial charge is 0.245 e. The van der Waals surface area contributed by atoms with Gasteiger partial charge in [0.25, 0.3) is 0 Å². The molecule has 6 aromatic rings. The van der Waals surface area contributed by atoms with E-state index < -0.39 is 0 Å². The first kappa shape index (κ1) is 24.0. The van der Waals surface area contributed by atoms with E-state index in [1.54, 1.807) is 0 Å². The largest absolute Gasteiger partial charge is 0.340 e. The van der Waals surface area contributed by atoms with E-state index in [0.717, 1.165) is 24.1 Å². The number of halogens is 1. The van der Waals surface area contributed by atoms with Crippen molar-refractivity contribution in [2.75, 3.05) is 0 Å². The van der Waals surface area contributed by atoms with Crippen LogP contribution in [0.5, 0.6) is 0 Å². The van der Waals surface area contributed by atoms with Crippen LogP contribution >= 0.6 is 15.9 Å². The lowest BCUT2D eigenvalue weighted by molar-refractivity contribution is -0.663. The molecule has 0 atom stereocenters. The number of benzene rings is 4. The minimum absolute atomic E-state index is 0.862. The molecule has 0 bridgehead atoms. The first-order valence-electron chi connectivity index (χ1n) is 13.3. The summed E-state index contributed by atoms with van der Waals surface area (Å²) in [4.78, 5) is 0. The summed E-state index contributed by atoms with van der Waals surface area (Å²) in [6.07, 6.45) is 5.87. The Labute approximate surface area is 227 Å². The summed E-state index contributed by atoms with van der Waals surface area (Å²) in [5.41, 5.74) is 9.33. The van der Waals surface area contributed by atoms with Gasteiger partial charge in [0, 0.05) is 38.4 Å². The van der Waals surface area contributed by atoms with Crippen molar-refractivity contribution in [2.45, 2.75) is 52.7 Å². The normalized spacial score (nSPS) is 11.8. The highest BCUT2D eigenvalue weighted by Crippen LogP contribution is 2.29. The molecule has 0 saturated carbocycles. The van der Waals surface area contributed by atoms with Crippen LogP contribution in [0.25, 0.3) is 32.8 Å². The number of hydrogen-bond donors (Lipinski definition) is 0. The van der Waals surface area contributed by atoms with Crippen LogP contribution in [0.3, 0.4) is 0 Å². The second-order valence-electron chi connectivity index (χ2n) is 10.2. The van der Waals surface area contributed by atoms with Crippen LogP contribution < -0.4 is 4.57 Å².